The molecular weight excluding hydrogens is 414 g/mol. The van der Waals surface area contributed by atoms with E-state index in [1.807, 2.05) is 4.90 Å². The number of likely N-dealkylation sites (tertiary alicyclic amines) is 1. The van der Waals surface area contributed by atoms with Gasteiger partial charge < -0.3 is 19.7 Å². The molecule has 0 bridgehead atoms. The number of allylic oxidation sites excluding steroid dienone is 8. The number of rotatable bonds is 3. The molecule has 4 atom stereocenters. The van der Waals surface area contributed by atoms with Crippen LogP contribution in [0.5, 0.6) is 0 Å². The van der Waals surface area contributed by atoms with Crippen molar-refractivity contribution >= 4 is 5.91 Å². The lowest BCUT2D eigenvalue weighted by molar-refractivity contribution is -0.144. The molecule has 2 aliphatic carbocycles. The molecule has 0 aromatic carbocycles. The molecule has 5 nitrogen and oxygen atoms in total. The van der Waals surface area contributed by atoms with Crippen molar-refractivity contribution in [3.05, 3.63) is 48.1 Å². The zero-order valence-electron chi connectivity index (χ0n) is 19.6. The van der Waals surface area contributed by atoms with Crippen LogP contribution in [-0.2, 0) is 14.3 Å². The highest BCUT2D eigenvalue weighted by atomic mass is 19.1. The number of methoxy groups -OCH3 is 2. The summed E-state index contributed by atoms with van der Waals surface area (Å²) < 4.78 is 35.3. The summed E-state index contributed by atoms with van der Waals surface area (Å²) >= 11 is 0. The van der Waals surface area contributed by atoms with Crippen LogP contribution in [0, 0.1) is 11.8 Å². The third kappa shape index (κ3) is 8.60. The number of hydrogen-bond donors (Lipinski definition) is 1. The summed E-state index contributed by atoms with van der Waals surface area (Å²) in [5, 5.41) is 3.23. The molecule has 4 unspecified atom stereocenters. The fourth-order valence-corrected chi connectivity index (χ4v) is 3.99. The summed E-state index contributed by atoms with van der Waals surface area (Å²) in [5.41, 5.74) is 0. The first-order chi connectivity index (χ1) is 15.5. The van der Waals surface area contributed by atoms with Crippen LogP contribution in [0.1, 0.15) is 39.0 Å². The van der Waals surface area contributed by atoms with Crippen LogP contribution < -0.4 is 5.32 Å². The van der Waals surface area contributed by atoms with Gasteiger partial charge in [0.25, 0.3) is 0 Å². The first-order valence-corrected chi connectivity index (χ1v) is 11.6. The van der Waals surface area contributed by atoms with Crippen LogP contribution in [0.15, 0.2) is 48.1 Å². The predicted molar refractivity (Wildman–Crippen MR) is 123 cm³/mol. The van der Waals surface area contributed by atoms with Crippen molar-refractivity contribution in [2.45, 2.75) is 51.2 Å². The summed E-state index contributed by atoms with van der Waals surface area (Å²) in [6.45, 7) is 4.95. The summed E-state index contributed by atoms with van der Waals surface area (Å²) in [5.74, 6) is -0.511. The van der Waals surface area contributed by atoms with Crippen LogP contribution >= 0.6 is 0 Å². The summed E-state index contributed by atoms with van der Waals surface area (Å²) in [6.07, 6.45) is 15.8. The molecule has 2 aliphatic heterocycles. The Morgan fingerprint density at radius 1 is 1.09 bits per heavy atom. The molecule has 0 radical (unpaired) electrons. The van der Waals surface area contributed by atoms with Gasteiger partial charge in [0, 0.05) is 45.8 Å². The quantitative estimate of drug-likeness (QED) is 0.686. The van der Waals surface area contributed by atoms with Crippen molar-refractivity contribution in [2.75, 3.05) is 40.4 Å². The average molecular weight is 453 g/mol. The Balaban J connectivity index is 0.000000200. The highest BCUT2D eigenvalue weighted by Gasteiger charge is 2.34. The van der Waals surface area contributed by atoms with E-state index in [9.17, 15) is 13.6 Å². The molecule has 1 N–H and O–H groups in total. The van der Waals surface area contributed by atoms with Gasteiger partial charge >= 0.3 is 0 Å². The summed E-state index contributed by atoms with van der Waals surface area (Å²) in [4.78, 5) is 14.2. The van der Waals surface area contributed by atoms with E-state index in [1.54, 1.807) is 21.1 Å². The molecule has 2 heterocycles. The Hall–Kier alpha value is -1.83. The second-order valence-electron chi connectivity index (χ2n) is 8.50. The fraction of sp³-hybridized carbons (Fsp3) is 0.640. The second kappa shape index (κ2) is 14.3. The Bertz CT molecular complexity index is 687. The Morgan fingerprint density at radius 3 is 2.25 bits per heavy atom. The van der Waals surface area contributed by atoms with Crippen molar-refractivity contribution in [2.24, 2.45) is 11.8 Å². The lowest BCUT2D eigenvalue weighted by Crippen LogP contribution is -2.52. The van der Waals surface area contributed by atoms with Gasteiger partial charge in [0.2, 0.25) is 5.91 Å². The van der Waals surface area contributed by atoms with Crippen LogP contribution in [0.2, 0.25) is 0 Å². The van der Waals surface area contributed by atoms with Gasteiger partial charge in [-0.25, -0.2) is 8.78 Å². The van der Waals surface area contributed by atoms with E-state index >= 15 is 0 Å². The highest BCUT2D eigenvalue weighted by molar-refractivity contribution is 5.79. The number of piperidine rings is 1. The molecule has 32 heavy (non-hydrogen) atoms. The molecule has 0 saturated carbocycles. The minimum absolute atomic E-state index is 0.00654. The van der Waals surface area contributed by atoms with Crippen LogP contribution in [0.3, 0.4) is 0 Å². The van der Waals surface area contributed by atoms with Gasteiger partial charge in [0.1, 0.15) is 17.8 Å². The van der Waals surface area contributed by atoms with E-state index in [0.717, 1.165) is 38.6 Å². The van der Waals surface area contributed by atoms with E-state index in [-0.39, 0.29) is 35.8 Å². The lowest BCUT2D eigenvalue weighted by Gasteiger charge is -2.37. The van der Waals surface area contributed by atoms with E-state index in [4.69, 9.17) is 9.47 Å². The topological polar surface area (TPSA) is 50.8 Å². The SMILES string of the molecule is C1=CCCC=C1.CC1CC=C(F)C=C1F.COC1CCN(C(=O)C2CCNC2)CC1OC. The largest absolute Gasteiger partial charge is 0.379 e. The Morgan fingerprint density at radius 2 is 1.78 bits per heavy atom. The standard InChI is InChI=1S/C12H22N2O3.C7H8F2.C6H8/c1-16-10-4-6-14(8-11(10)17-2)12(15)9-3-5-13-7-9;1-5-2-3-6(8)4-7(5)9;1-2-4-6-5-3-1/h9-11,13H,3-8H2,1-2H3;3-5H,2H2,1H3;1-4H,5-6H2. The zero-order chi connectivity index (χ0) is 23.3. The van der Waals surface area contributed by atoms with Crippen LogP contribution in [0.25, 0.3) is 0 Å². The van der Waals surface area contributed by atoms with Gasteiger partial charge in [-0.3, -0.25) is 4.79 Å². The summed E-state index contributed by atoms with van der Waals surface area (Å²) in [6, 6.07) is 0. The number of hydrogen-bond acceptors (Lipinski definition) is 4. The number of carbonyl (C=O) groups is 1. The first kappa shape index (κ1) is 26.4. The zero-order valence-corrected chi connectivity index (χ0v) is 19.6. The van der Waals surface area contributed by atoms with Gasteiger partial charge in [0.05, 0.1) is 12.0 Å². The van der Waals surface area contributed by atoms with Gasteiger partial charge in [-0.15, -0.1) is 0 Å². The molecular formula is C25H38F2N2O3. The van der Waals surface area contributed by atoms with E-state index in [0.29, 0.717) is 13.0 Å². The number of carbonyl (C=O) groups excluding carboxylic acids is 1. The third-order valence-corrected chi connectivity index (χ3v) is 6.12. The molecule has 0 aromatic heterocycles. The number of halogens is 2. The van der Waals surface area contributed by atoms with Crippen molar-refractivity contribution < 1.29 is 23.0 Å². The number of nitrogens with zero attached hydrogens (tertiary/aromatic N) is 1. The second-order valence-corrected chi connectivity index (χ2v) is 8.50. The Kier molecular flexibility index (Phi) is 11.8. The minimum atomic E-state index is -0.453. The minimum Gasteiger partial charge on any atom is -0.379 e. The van der Waals surface area contributed by atoms with Gasteiger partial charge in [0.15, 0.2) is 0 Å². The molecule has 7 heteroatoms. The maximum absolute atomic E-state index is 12.4. The van der Waals surface area contributed by atoms with Crippen molar-refractivity contribution in [3.63, 3.8) is 0 Å². The van der Waals surface area contributed by atoms with E-state index in [1.165, 1.54) is 18.9 Å². The molecule has 1 amide bonds. The third-order valence-electron chi connectivity index (χ3n) is 6.12. The lowest BCUT2D eigenvalue weighted by atomic mass is 10.0. The molecule has 4 rings (SSSR count). The number of nitrogens with one attached hydrogen (secondary N) is 1. The fourth-order valence-electron chi connectivity index (χ4n) is 3.99. The molecule has 0 spiro atoms. The van der Waals surface area contributed by atoms with Crippen LogP contribution in [-0.4, -0.2) is 63.4 Å². The molecule has 0 aromatic rings. The maximum atomic E-state index is 12.4. The monoisotopic (exact) mass is 452 g/mol. The smallest absolute Gasteiger partial charge is 0.227 e. The van der Waals surface area contributed by atoms with Gasteiger partial charge in [-0.2, -0.15) is 0 Å². The van der Waals surface area contributed by atoms with Crippen LogP contribution in [0.4, 0.5) is 8.78 Å². The molecule has 2 fully saturated rings. The molecule has 4 aliphatic rings. The Labute approximate surface area is 191 Å². The van der Waals surface area contributed by atoms with Gasteiger partial charge in [-0.1, -0.05) is 31.2 Å². The maximum Gasteiger partial charge on any atom is 0.227 e. The summed E-state index contributed by atoms with van der Waals surface area (Å²) in [7, 11) is 3.39. The van der Waals surface area contributed by atoms with Crippen molar-refractivity contribution in [1.82, 2.24) is 10.2 Å². The number of amides is 1. The normalized spacial score (nSPS) is 29.2. The highest BCUT2D eigenvalue weighted by Crippen LogP contribution is 2.24. The van der Waals surface area contributed by atoms with Crippen molar-refractivity contribution in [3.8, 4) is 0 Å². The van der Waals surface area contributed by atoms with Crippen molar-refractivity contribution in [1.29, 1.82) is 0 Å². The van der Waals surface area contributed by atoms with E-state index < -0.39 is 5.83 Å². The average Bonchev–Trinajstić information content (AvgIpc) is 3.38. The number of ether oxygens (including phenoxy) is 2. The van der Waals surface area contributed by atoms with Gasteiger partial charge in [-0.05, 0) is 44.7 Å². The predicted octanol–water partition coefficient (Wildman–Crippen LogP) is 4.48. The molecule has 2 saturated heterocycles. The molecule has 180 valence electrons. The first-order valence-electron chi connectivity index (χ1n) is 11.6. The van der Waals surface area contributed by atoms with E-state index in [2.05, 4.69) is 29.6 Å².